The monoisotopic (exact) mass is 337 g/mol. The highest BCUT2D eigenvalue weighted by molar-refractivity contribution is 6.35. The fraction of sp³-hybridized carbons (Fsp3) is 0.333. The molecule has 0 spiro atoms. The van der Waals surface area contributed by atoms with Crippen LogP contribution < -0.4 is 10.1 Å². The van der Waals surface area contributed by atoms with E-state index < -0.39 is 0 Å². The van der Waals surface area contributed by atoms with E-state index in [1.807, 2.05) is 44.2 Å². The molecular weight excluding hydrogens is 317 g/mol. The quantitative estimate of drug-likeness (QED) is 0.708. The maximum atomic E-state index is 6.18. The molecule has 22 heavy (non-hydrogen) atoms. The molecule has 0 saturated carbocycles. The second kappa shape index (κ2) is 8.42. The summed E-state index contributed by atoms with van der Waals surface area (Å²) in [6.45, 7) is 5.69. The summed E-state index contributed by atoms with van der Waals surface area (Å²) in [6.07, 6.45) is 1.04. The highest BCUT2D eigenvalue weighted by Crippen LogP contribution is 2.21. The molecule has 0 aromatic heterocycles. The normalized spacial score (nSPS) is 11.0. The van der Waals surface area contributed by atoms with E-state index in [2.05, 4.69) is 11.4 Å². The summed E-state index contributed by atoms with van der Waals surface area (Å²) in [7, 11) is 0. The van der Waals surface area contributed by atoms with Crippen molar-refractivity contribution in [2.45, 2.75) is 32.9 Å². The predicted octanol–water partition coefficient (Wildman–Crippen LogP) is 5.11. The zero-order valence-corrected chi connectivity index (χ0v) is 14.4. The van der Waals surface area contributed by atoms with E-state index in [1.165, 1.54) is 5.56 Å². The lowest BCUT2D eigenvalue weighted by atomic mass is 10.1. The van der Waals surface area contributed by atoms with Crippen molar-refractivity contribution in [1.29, 1.82) is 0 Å². The van der Waals surface area contributed by atoms with Gasteiger partial charge >= 0.3 is 0 Å². The molecule has 0 radical (unpaired) electrons. The van der Waals surface area contributed by atoms with Crippen LogP contribution in [-0.2, 0) is 13.0 Å². The van der Waals surface area contributed by atoms with Crippen molar-refractivity contribution in [3.63, 3.8) is 0 Å². The van der Waals surface area contributed by atoms with Gasteiger partial charge in [-0.05, 0) is 50.6 Å². The molecule has 0 heterocycles. The van der Waals surface area contributed by atoms with Crippen LogP contribution in [0.15, 0.2) is 42.5 Å². The largest absolute Gasteiger partial charge is 0.491 e. The highest BCUT2D eigenvalue weighted by atomic mass is 35.5. The number of nitrogens with one attached hydrogen (secondary N) is 1. The number of rotatable bonds is 7. The van der Waals surface area contributed by atoms with Crippen molar-refractivity contribution in [3.05, 3.63) is 63.6 Å². The lowest BCUT2D eigenvalue weighted by Gasteiger charge is -2.14. The third-order valence-corrected chi connectivity index (χ3v) is 3.82. The van der Waals surface area contributed by atoms with Gasteiger partial charge in [-0.15, -0.1) is 0 Å². The summed E-state index contributed by atoms with van der Waals surface area (Å²) in [5.74, 6) is 0.939. The Kier molecular flexibility index (Phi) is 6.56. The first-order chi connectivity index (χ1) is 10.6. The zero-order chi connectivity index (χ0) is 15.9. The van der Waals surface area contributed by atoms with E-state index in [4.69, 9.17) is 27.9 Å². The van der Waals surface area contributed by atoms with E-state index in [0.29, 0.717) is 5.02 Å². The van der Waals surface area contributed by atoms with E-state index >= 15 is 0 Å². The van der Waals surface area contributed by atoms with Gasteiger partial charge in [0.25, 0.3) is 0 Å². The van der Waals surface area contributed by atoms with Crippen molar-refractivity contribution in [2.75, 3.05) is 6.54 Å². The van der Waals surface area contributed by atoms with Gasteiger partial charge in [0.05, 0.1) is 6.10 Å². The molecule has 0 atom stereocenters. The van der Waals surface area contributed by atoms with Gasteiger partial charge in [-0.2, -0.15) is 0 Å². The van der Waals surface area contributed by atoms with Crippen LogP contribution in [-0.4, -0.2) is 12.6 Å². The molecule has 2 aromatic carbocycles. The zero-order valence-electron chi connectivity index (χ0n) is 12.9. The number of halogens is 2. The van der Waals surface area contributed by atoms with E-state index in [1.54, 1.807) is 6.07 Å². The Labute approximate surface area is 142 Å². The average molecular weight is 338 g/mol. The molecule has 2 rings (SSSR count). The van der Waals surface area contributed by atoms with Crippen molar-refractivity contribution in [2.24, 2.45) is 0 Å². The summed E-state index contributed by atoms with van der Waals surface area (Å²) >= 11 is 12.1. The Bertz CT molecular complexity index is 614. The maximum absolute atomic E-state index is 6.18. The van der Waals surface area contributed by atoms with Crippen LogP contribution in [0.1, 0.15) is 25.0 Å². The molecule has 0 aliphatic carbocycles. The molecule has 0 saturated heterocycles. The first-order valence-electron chi connectivity index (χ1n) is 7.45. The number of ether oxygens (including phenoxy) is 1. The Morgan fingerprint density at radius 3 is 2.55 bits per heavy atom. The third kappa shape index (κ3) is 5.20. The molecule has 0 unspecified atom stereocenters. The number of para-hydroxylation sites is 1. The molecule has 0 aliphatic rings. The minimum absolute atomic E-state index is 0.175. The minimum atomic E-state index is 0.175. The van der Waals surface area contributed by atoms with Crippen LogP contribution in [0.5, 0.6) is 5.75 Å². The third-order valence-electron chi connectivity index (χ3n) is 3.24. The fourth-order valence-electron chi connectivity index (χ4n) is 2.19. The molecule has 0 amide bonds. The Morgan fingerprint density at radius 1 is 1.05 bits per heavy atom. The summed E-state index contributed by atoms with van der Waals surface area (Å²) in [6, 6.07) is 13.7. The molecule has 0 aliphatic heterocycles. The SMILES string of the molecule is CC(C)Oc1ccccc1CNCCc1ccc(Cl)cc1Cl. The molecular formula is C18H21Cl2NO. The van der Waals surface area contributed by atoms with Gasteiger partial charge in [0.2, 0.25) is 0 Å². The van der Waals surface area contributed by atoms with Crippen molar-refractivity contribution in [1.82, 2.24) is 5.32 Å². The summed E-state index contributed by atoms with van der Waals surface area (Å²) in [4.78, 5) is 0. The minimum Gasteiger partial charge on any atom is -0.491 e. The first-order valence-corrected chi connectivity index (χ1v) is 8.21. The molecule has 2 aromatic rings. The Hall–Kier alpha value is -1.22. The lowest BCUT2D eigenvalue weighted by Crippen LogP contribution is -2.18. The second-order valence-corrected chi connectivity index (χ2v) is 6.28. The van der Waals surface area contributed by atoms with Crippen LogP contribution in [0.4, 0.5) is 0 Å². The van der Waals surface area contributed by atoms with Gasteiger partial charge in [0.15, 0.2) is 0 Å². The van der Waals surface area contributed by atoms with Gasteiger partial charge in [-0.1, -0.05) is 47.5 Å². The van der Waals surface area contributed by atoms with E-state index in [0.717, 1.165) is 35.8 Å². The van der Waals surface area contributed by atoms with Crippen molar-refractivity contribution < 1.29 is 4.74 Å². The van der Waals surface area contributed by atoms with Gasteiger partial charge in [-0.25, -0.2) is 0 Å². The van der Waals surface area contributed by atoms with Gasteiger partial charge < -0.3 is 10.1 Å². The number of hydrogen-bond acceptors (Lipinski definition) is 2. The van der Waals surface area contributed by atoms with Gasteiger partial charge in [0, 0.05) is 22.2 Å². The maximum Gasteiger partial charge on any atom is 0.124 e. The highest BCUT2D eigenvalue weighted by Gasteiger charge is 2.05. The average Bonchev–Trinajstić information content (AvgIpc) is 2.46. The molecule has 0 fully saturated rings. The molecule has 0 bridgehead atoms. The smallest absolute Gasteiger partial charge is 0.124 e. The van der Waals surface area contributed by atoms with Crippen LogP contribution in [0.3, 0.4) is 0 Å². The molecule has 2 nitrogen and oxygen atoms in total. The summed E-state index contributed by atoms with van der Waals surface area (Å²) in [5.41, 5.74) is 2.27. The molecule has 118 valence electrons. The van der Waals surface area contributed by atoms with Crippen LogP contribution >= 0.6 is 23.2 Å². The van der Waals surface area contributed by atoms with Crippen LogP contribution in [0.2, 0.25) is 10.0 Å². The lowest BCUT2D eigenvalue weighted by molar-refractivity contribution is 0.239. The molecule has 1 N–H and O–H groups in total. The Morgan fingerprint density at radius 2 is 1.82 bits per heavy atom. The second-order valence-electron chi connectivity index (χ2n) is 5.44. The summed E-state index contributed by atoms with van der Waals surface area (Å²) < 4.78 is 5.82. The van der Waals surface area contributed by atoms with Gasteiger partial charge in [-0.3, -0.25) is 0 Å². The van der Waals surface area contributed by atoms with E-state index in [-0.39, 0.29) is 6.10 Å². The Balaban J connectivity index is 1.86. The first kappa shape index (κ1) is 17.1. The number of hydrogen-bond donors (Lipinski definition) is 1. The molecule has 4 heteroatoms. The van der Waals surface area contributed by atoms with Crippen molar-refractivity contribution >= 4 is 23.2 Å². The van der Waals surface area contributed by atoms with Crippen molar-refractivity contribution in [3.8, 4) is 5.75 Å². The predicted molar refractivity (Wildman–Crippen MR) is 94.1 cm³/mol. The van der Waals surface area contributed by atoms with Gasteiger partial charge in [0.1, 0.15) is 5.75 Å². The standard InChI is InChI=1S/C18H21Cl2NO/c1-13(2)22-18-6-4-3-5-15(18)12-21-10-9-14-7-8-16(19)11-17(14)20/h3-8,11,13,21H,9-10,12H2,1-2H3. The summed E-state index contributed by atoms with van der Waals surface area (Å²) in [5, 5.41) is 4.82. The van der Waals surface area contributed by atoms with Crippen LogP contribution in [0.25, 0.3) is 0 Å². The van der Waals surface area contributed by atoms with Crippen LogP contribution in [0, 0.1) is 0 Å². The van der Waals surface area contributed by atoms with E-state index in [9.17, 15) is 0 Å². The number of benzene rings is 2. The topological polar surface area (TPSA) is 21.3 Å². The fourth-order valence-corrected chi connectivity index (χ4v) is 2.69.